The van der Waals surface area contributed by atoms with E-state index in [9.17, 15) is 0 Å². The number of nitrogens with zero attached hydrogens (tertiary/aromatic N) is 2. The summed E-state index contributed by atoms with van der Waals surface area (Å²) in [5.41, 5.74) is 4.77. The number of para-hydroxylation sites is 1. The Balaban J connectivity index is 1.72. The van der Waals surface area contributed by atoms with E-state index in [0.29, 0.717) is 0 Å². The van der Waals surface area contributed by atoms with Crippen molar-refractivity contribution in [2.45, 2.75) is 26.4 Å². The van der Waals surface area contributed by atoms with Crippen molar-refractivity contribution in [1.82, 2.24) is 15.3 Å². The smallest absolute Gasteiger partial charge is 0.0705 e. The molecule has 3 nitrogen and oxygen atoms in total. The maximum Gasteiger partial charge on any atom is 0.0705 e. The van der Waals surface area contributed by atoms with Gasteiger partial charge in [0.2, 0.25) is 0 Å². The van der Waals surface area contributed by atoms with Crippen molar-refractivity contribution >= 4 is 10.9 Å². The van der Waals surface area contributed by atoms with E-state index in [4.69, 9.17) is 0 Å². The van der Waals surface area contributed by atoms with E-state index >= 15 is 0 Å². The lowest BCUT2D eigenvalue weighted by Gasteiger charge is -2.09. The lowest BCUT2D eigenvalue weighted by molar-refractivity contribution is 0.676. The van der Waals surface area contributed by atoms with Gasteiger partial charge in [-0.3, -0.25) is 9.97 Å². The maximum absolute atomic E-state index is 4.47. The van der Waals surface area contributed by atoms with Crippen LogP contribution in [0.5, 0.6) is 0 Å². The van der Waals surface area contributed by atoms with Gasteiger partial charge in [0.05, 0.1) is 11.2 Å². The minimum absolute atomic E-state index is 0.792. The first kappa shape index (κ1) is 13.7. The number of hydrogen-bond donors (Lipinski definition) is 1. The molecule has 3 heteroatoms. The number of rotatable bonds is 5. The lowest BCUT2D eigenvalue weighted by atomic mass is 10.1. The molecule has 1 aromatic carbocycles. The highest BCUT2D eigenvalue weighted by atomic mass is 14.9. The van der Waals surface area contributed by atoms with E-state index in [-0.39, 0.29) is 0 Å². The fourth-order valence-electron chi connectivity index (χ4n) is 2.58. The van der Waals surface area contributed by atoms with E-state index in [0.717, 1.165) is 30.7 Å². The molecule has 0 atom stereocenters. The molecule has 0 amide bonds. The zero-order valence-corrected chi connectivity index (χ0v) is 12.2. The largest absolute Gasteiger partial charge is 0.307 e. The van der Waals surface area contributed by atoms with Crippen molar-refractivity contribution < 1.29 is 0 Å². The second kappa shape index (κ2) is 6.46. The molecular formula is C18H19N3. The highest BCUT2D eigenvalue weighted by Gasteiger charge is 2.03. The number of benzene rings is 1. The number of aromatic nitrogens is 2. The van der Waals surface area contributed by atoms with E-state index in [2.05, 4.69) is 46.5 Å². The SMILES string of the molecule is CCc1cccnc1CNCc1ccnc2ccccc12. The Labute approximate surface area is 125 Å². The molecule has 0 aliphatic carbocycles. The molecule has 3 rings (SSSR count). The van der Waals surface area contributed by atoms with Gasteiger partial charge >= 0.3 is 0 Å². The van der Waals surface area contributed by atoms with Gasteiger partial charge in [-0.15, -0.1) is 0 Å². The third kappa shape index (κ3) is 3.09. The van der Waals surface area contributed by atoms with Crippen molar-refractivity contribution in [1.29, 1.82) is 0 Å². The summed E-state index contributed by atoms with van der Waals surface area (Å²) >= 11 is 0. The van der Waals surface area contributed by atoms with Crippen LogP contribution in [0.15, 0.2) is 54.9 Å². The van der Waals surface area contributed by atoms with E-state index in [1.54, 1.807) is 0 Å². The third-order valence-corrected chi connectivity index (χ3v) is 3.71. The van der Waals surface area contributed by atoms with Gasteiger partial charge in [-0.2, -0.15) is 0 Å². The van der Waals surface area contributed by atoms with Gasteiger partial charge in [-0.05, 0) is 35.7 Å². The summed E-state index contributed by atoms with van der Waals surface area (Å²) in [6, 6.07) is 14.5. The van der Waals surface area contributed by atoms with Crippen molar-refractivity contribution in [2.75, 3.05) is 0 Å². The Morgan fingerprint density at radius 1 is 0.857 bits per heavy atom. The summed E-state index contributed by atoms with van der Waals surface area (Å²) in [6.07, 6.45) is 4.75. The number of aryl methyl sites for hydroxylation is 1. The number of fused-ring (bicyclic) bond motifs is 1. The van der Waals surface area contributed by atoms with Crippen LogP contribution >= 0.6 is 0 Å². The Morgan fingerprint density at radius 3 is 2.67 bits per heavy atom. The van der Waals surface area contributed by atoms with Crippen LogP contribution in [0.3, 0.4) is 0 Å². The zero-order chi connectivity index (χ0) is 14.5. The summed E-state index contributed by atoms with van der Waals surface area (Å²) in [5, 5.41) is 4.71. The predicted molar refractivity (Wildman–Crippen MR) is 85.9 cm³/mol. The molecule has 106 valence electrons. The van der Waals surface area contributed by atoms with Crippen molar-refractivity contribution in [3.63, 3.8) is 0 Å². The average molecular weight is 277 g/mol. The van der Waals surface area contributed by atoms with Gasteiger partial charge < -0.3 is 5.32 Å². The molecule has 0 saturated carbocycles. The molecule has 1 N–H and O–H groups in total. The second-order valence-corrected chi connectivity index (χ2v) is 5.05. The molecule has 0 aliphatic heterocycles. The molecule has 2 aromatic heterocycles. The van der Waals surface area contributed by atoms with Crippen LogP contribution in [0.1, 0.15) is 23.7 Å². The van der Waals surface area contributed by atoms with Crippen molar-refractivity contribution in [2.24, 2.45) is 0 Å². The van der Waals surface area contributed by atoms with Crippen LogP contribution in [0.25, 0.3) is 10.9 Å². The maximum atomic E-state index is 4.47. The Bertz CT molecular complexity index is 732. The molecule has 21 heavy (non-hydrogen) atoms. The minimum Gasteiger partial charge on any atom is -0.307 e. The van der Waals surface area contributed by atoms with Crippen molar-refractivity contribution in [3.8, 4) is 0 Å². The summed E-state index contributed by atoms with van der Waals surface area (Å²) in [5.74, 6) is 0. The van der Waals surface area contributed by atoms with Crippen LogP contribution < -0.4 is 5.32 Å². The number of hydrogen-bond acceptors (Lipinski definition) is 3. The van der Waals surface area contributed by atoms with Gasteiger partial charge in [0.1, 0.15) is 0 Å². The van der Waals surface area contributed by atoms with E-state index < -0.39 is 0 Å². The molecule has 0 aliphatic rings. The fourth-order valence-corrected chi connectivity index (χ4v) is 2.58. The fraction of sp³-hybridized carbons (Fsp3) is 0.222. The van der Waals surface area contributed by atoms with Crippen LogP contribution in [-0.4, -0.2) is 9.97 Å². The van der Waals surface area contributed by atoms with Crippen LogP contribution in [-0.2, 0) is 19.5 Å². The van der Waals surface area contributed by atoms with Gasteiger partial charge in [0.25, 0.3) is 0 Å². The van der Waals surface area contributed by atoms with E-state index in [1.807, 2.05) is 30.6 Å². The van der Waals surface area contributed by atoms with Crippen LogP contribution in [0, 0.1) is 0 Å². The van der Waals surface area contributed by atoms with E-state index in [1.165, 1.54) is 16.5 Å². The normalized spacial score (nSPS) is 10.9. The second-order valence-electron chi connectivity index (χ2n) is 5.05. The van der Waals surface area contributed by atoms with Gasteiger partial charge in [-0.25, -0.2) is 0 Å². The molecule has 0 spiro atoms. The standard InChI is InChI=1S/C18H19N3/c1-2-14-6-5-10-20-18(14)13-19-12-15-9-11-21-17-8-4-3-7-16(15)17/h3-11,19H,2,12-13H2,1H3. The van der Waals surface area contributed by atoms with Crippen LogP contribution in [0.2, 0.25) is 0 Å². The Hall–Kier alpha value is -2.26. The van der Waals surface area contributed by atoms with Crippen molar-refractivity contribution in [3.05, 3.63) is 71.7 Å². The number of nitrogens with one attached hydrogen (secondary N) is 1. The van der Waals surface area contributed by atoms with Gasteiger partial charge in [0, 0.05) is 30.9 Å². The first-order valence-electron chi connectivity index (χ1n) is 7.34. The highest BCUT2D eigenvalue weighted by molar-refractivity contribution is 5.81. The minimum atomic E-state index is 0.792. The molecule has 0 unspecified atom stereocenters. The monoisotopic (exact) mass is 277 g/mol. The summed E-state index contributed by atoms with van der Waals surface area (Å²) in [6.45, 7) is 3.78. The topological polar surface area (TPSA) is 37.8 Å². The quantitative estimate of drug-likeness (QED) is 0.776. The summed E-state index contributed by atoms with van der Waals surface area (Å²) in [7, 11) is 0. The first-order valence-corrected chi connectivity index (χ1v) is 7.34. The van der Waals surface area contributed by atoms with Gasteiger partial charge in [0.15, 0.2) is 0 Å². The number of pyridine rings is 2. The zero-order valence-electron chi connectivity index (χ0n) is 12.2. The molecule has 3 aromatic rings. The average Bonchev–Trinajstić information content (AvgIpc) is 2.55. The third-order valence-electron chi connectivity index (χ3n) is 3.71. The lowest BCUT2D eigenvalue weighted by Crippen LogP contribution is -2.15. The first-order chi connectivity index (χ1) is 10.4. The highest BCUT2D eigenvalue weighted by Crippen LogP contribution is 2.16. The van der Waals surface area contributed by atoms with Gasteiger partial charge in [-0.1, -0.05) is 31.2 Å². The predicted octanol–water partition coefficient (Wildman–Crippen LogP) is 3.48. The Kier molecular flexibility index (Phi) is 4.22. The summed E-state index contributed by atoms with van der Waals surface area (Å²) < 4.78 is 0. The molecule has 2 heterocycles. The molecule has 0 saturated heterocycles. The summed E-state index contributed by atoms with van der Waals surface area (Å²) in [4.78, 5) is 8.86. The van der Waals surface area contributed by atoms with Crippen LogP contribution in [0.4, 0.5) is 0 Å². The molecular weight excluding hydrogens is 258 g/mol. The molecule has 0 fully saturated rings. The Morgan fingerprint density at radius 2 is 1.76 bits per heavy atom. The molecule has 0 radical (unpaired) electrons. The molecule has 0 bridgehead atoms.